The Hall–Kier alpha value is -2.64. The largest absolute Gasteiger partial charge is 0.490 e. The first kappa shape index (κ1) is 22.6. The van der Waals surface area contributed by atoms with Crippen LogP contribution in [0.5, 0.6) is 5.75 Å². The maximum atomic E-state index is 12.6. The van der Waals surface area contributed by atoms with E-state index in [0.29, 0.717) is 17.9 Å². The van der Waals surface area contributed by atoms with E-state index in [2.05, 4.69) is 0 Å². The number of esters is 1. The molecule has 1 unspecified atom stereocenters. The first-order valence-electron chi connectivity index (χ1n) is 9.66. The van der Waals surface area contributed by atoms with E-state index in [1.165, 1.54) is 0 Å². The number of allylic oxidation sites excluding steroid dienone is 1. The van der Waals surface area contributed by atoms with Gasteiger partial charge in [-0.3, -0.25) is 10.0 Å². The molecule has 0 radical (unpaired) electrons. The van der Waals surface area contributed by atoms with Crippen LogP contribution in [0.3, 0.4) is 0 Å². The Morgan fingerprint density at radius 1 is 1.24 bits per heavy atom. The van der Waals surface area contributed by atoms with E-state index in [1.807, 2.05) is 33.8 Å². The molecule has 0 bridgehead atoms. The molecule has 0 spiro atoms. The van der Waals surface area contributed by atoms with Gasteiger partial charge in [-0.1, -0.05) is 31.6 Å². The number of carbonyl (C=O) groups excluding carboxylic acids is 2. The van der Waals surface area contributed by atoms with Gasteiger partial charge in [0.15, 0.2) is 0 Å². The van der Waals surface area contributed by atoms with Gasteiger partial charge in [-0.15, -0.1) is 0 Å². The number of aliphatic hydroxyl groups is 1. The maximum Gasteiger partial charge on any atom is 0.367 e. The van der Waals surface area contributed by atoms with Crippen LogP contribution in [-0.4, -0.2) is 46.2 Å². The molecule has 2 N–H and O–H groups in total. The van der Waals surface area contributed by atoms with E-state index < -0.39 is 17.6 Å². The van der Waals surface area contributed by atoms with Crippen LogP contribution in [0.15, 0.2) is 41.5 Å². The molecule has 1 atom stereocenters. The lowest BCUT2D eigenvalue weighted by atomic mass is 9.90. The molecule has 158 valence electrons. The number of rotatable bonds is 8. The Kier molecular flexibility index (Phi) is 7.21. The van der Waals surface area contributed by atoms with Crippen LogP contribution in [-0.2, 0) is 14.3 Å². The fourth-order valence-corrected chi connectivity index (χ4v) is 3.11. The van der Waals surface area contributed by atoms with Crippen molar-refractivity contribution in [2.75, 3.05) is 13.2 Å². The van der Waals surface area contributed by atoms with Crippen LogP contribution in [0.4, 0.5) is 0 Å². The van der Waals surface area contributed by atoms with Crippen LogP contribution >= 0.6 is 0 Å². The molecule has 0 fully saturated rings. The molecule has 1 amide bonds. The third kappa shape index (κ3) is 4.68. The molecule has 1 aliphatic rings. The lowest BCUT2D eigenvalue weighted by Crippen LogP contribution is -2.53. The summed E-state index contributed by atoms with van der Waals surface area (Å²) in [7, 11) is 0. The van der Waals surface area contributed by atoms with Crippen LogP contribution in [0.2, 0.25) is 0 Å². The highest BCUT2D eigenvalue weighted by Crippen LogP contribution is 2.42. The summed E-state index contributed by atoms with van der Waals surface area (Å²) in [6.45, 7) is 9.75. The number of hydrogen-bond acceptors (Lipinski definition) is 6. The van der Waals surface area contributed by atoms with Gasteiger partial charge in [0.05, 0.1) is 6.61 Å². The minimum absolute atomic E-state index is 0.00684. The molecule has 2 rings (SSSR count). The summed E-state index contributed by atoms with van der Waals surface area (Å²) in [5.74, 6) is -1.25. The Balaban J connectivity index is 2.49. The van der Waals surface area contributed by atoms with Crippen molar-refractivity contribution in [1.29, 1.82) is 0 Å². The van der Waals surface area contributed by atoms with E-state index >= 15 is 0 Å². The van der Waals surface area contributed by atoms with Gasteiger partial charge >= 0.3 is 5.97 Å². The van der Waals surface area contributed by atoms with Gasteiger partial charge in [-0.2, -0.15) is 5.06 Å². The van der Waals surface area contributed by atoms with Gasteiger partial charge in [0.2, 0.25) is 0 Å². The van der Waals surface area contributed by atoms with Gasteiger partial charge in [-0.25, -0.2) is 4.79 Å². The minimum Gasteiger partial charge on any atom is -0.490 e. The van der Waals surface area contributed by atoms with Crippen molar-refractivity contribution in [3.63, 3.8) is 0 Å². The first-order chi connectivity index (χ1) is 13.6. The Bertz CT molecular complexity index is 820. The molecule has 0 saturated carbocycles. The van der Waals surface area contributed by atoms with Crippen molar-refractivity contribution < 1.29 is 29.4 Å². The summed E-state index contributed by atoms with van der Waals surface area (Å²) < 4.78 is 10.6. The van der Waals surface area contributed by atoms with E-state index in [9.17, 15) is 19.9 Å². The van der Waals surface area contributed by atoms with E-state index in [-0.39, 0.29) is 35.2 Å². The zero-order chi connectivity index (χ0) is 21.8. The second-order valence-corrected chi connectivity index (χ2v) is 7.58. The SMILES string of the molecule is CCOC(=O)C1(O)C(c2ccc(OCC=C(C)C)cc2)=C(CC(C)C)C(=O)N1O. The maximum absolute atomic E-state index is 12.6. The number of amides is 1. The molecular formula is C22H29NO6. The van der Waals surface area contributed by atoms with Crippen molar-refractivity contribution in [1.82, 2.24) is 5.06 Å². The van der Waals surface area contributed by atoms with Gasteiger partial charge in [0.1, 0.15) is 12.4 Å². The molecule has 7 heteroatoms. The van der Waals surface area contributed by atoms with Gasteiger partial charge in [0, 0.05) is 11.1 Å². The summed E-state index contributed by atoms with van der Waals surface area (Å²) in [5, 5.41) is 21.5. The van der Waals surface area contributed by atoms with E-state index in [1.54, 1.807) is 31.2 Å². The van der Waals surface area contributed by atoms with Gasteiger partial charge < -0.3 is 14.6 Å². The second-order valence-electron chi connectivity index (χ2n) is 7.58. The fourth-order valence-electron chi connectivity index (χ4n) is 3.11. The van der Waals surface area contributed by atoms with Gasteiger partial charge in [0.25, 0.3) is 11.6 Å². The molecule has 1 heterocycles. The predicted octanol–water partition coefficient (Wildman–Crippen LogP) is 3.31. The quantitative estimate of drug-likeness (QED) is 0.393. The average Bonchev–Trinajstić information content (AvgIpc) is 2.84. The molecule has 7 nitrogen and oxygen atoms in total. The van der Waals surface area contributed by atoms with Gasteiger partial charge in [-0.05, 0) is 56.9 Å². The summed E-state index contributed by atoms with van der Waals surface area (Å²) >= 11 is 0. The molecule has 1 aromatic rings. The molecule has 0 aromatic heterocycles. The highest BCUT2D eigenvalue weighted by Gasteiger charge is 2.57. The van der Waals surface area contributed by atoms with Crippen LogP contribution < -0.4 is 4.74 Å². The van der Waals surface area contributed by atoms with E-state index in [4.69, 9.17) is 9.47 Å². The number of hydrogen-bond donors (Lipinski definition) is 2. The third-order valence-corrected chi connectivity index (χ3v) is 4.46. The standard InChI is InChI=1S/C22H29NO6/c1-6-28-21(25)22(26)19(18(13-15(4)5)20(24)23(22)27)16-7-9-17(10-8-16)29-12-11-14(2)3/h7-11,15,26-27H,6,12-13H2,1-5H3. The molecule has 29 heavy (non-hydrogen) atoms. The molecule has 0 aliphatic carbocycles. The number of ether oxygens (including phenoxy) is 2. The van der Waals surface area contributed by atoms with Crippen molar-refractivity contribution in [2.45, 2.75) is 46.8 Å². The van der Waals surface area contributed by atoms with Crippen LogP contribution in [0.25, 0.3) is 5.57 Å². The number of carbonyl (C=O) groups is 2. The zero-order valence-corrected chi connectivity index (χ0v) is 17.6. The second kappa shape index (κ2) is 9.24. The van der Waals surface area contributed by atoms with Crippen molar-refractivity contribution in [3.05, 3.63) is 47.1 Å². The normalized spacial score (nSPS) is 19.0. The molecule has 1 aromatic carbocycles. The fraction of sp³-hybridized carbons (Fsp3) is 0.455. The highest BCUT2D eigenvalue weighted by molar-refractivity contribution is 6.14. The lowest BCUT2D eigenvalue weighted by Gasteiger charge is -2.29. The Morgan fingerprint density at radius 3 is 2.38 bits per heavy atom. The topological polar surface area (TPSA) is 96.3 Å². The van der Waals surface area contributed by atoms with Crippen LogP contribution in [0, 0.1) is 5.92 Å². The highest BCUT2D eigenvalue weighted by atomic mass is 16.6. The molecular weight excluding hydrogens is 374 g/mol. The number of benzene rings is 1. The smallest absolute Gasteiger partial charge is 0.367 e. The average molecular weight is 403 g/mol. The lowest BCUT2D eigenvalue weighted by molar-refractivity contribution is -0.230. The van der Waals surface area contributed by atoms with Crippen molar-refractivity contribution >= 4 is 17.4 Å². The minimum atomic E-state index is -2.60. The Labute approximate surface area is 171 Å². The summed E-state index contributed by atoms with van der Waals surface area (Å²) in [6.07, 6.45) is 2.22. The van der Waals surface area contributed by atoms with Crippen LogP contribution in [0.1, 0.15) is 46.6 Å². The van der Waals surface area contributed by atoms with Crippen molar-refractivity contribution in [3.8, 4) is 5.75 Å². The predicted molar refractivity (Wildman–Crippen MR) is 108 cm³/mol. The third-order valence-electron chi connectivity index (χ3n) is 4.46. The summed E-state index contributed by atoms with van der Waals surface area (Å²) in [6, 6.07) is 6.66. The molecule has 0 saturated heterocycles. The summed E-state index contributed by atoms with van der Waals surface area (Å²) in [4.78, 5) is 25.2. The zero-order valence-electron chi connectivity index (χ0n) is 17.6. The Morgan fingerprint density at radius 2 is 1.86 bits per heavy atom. The summed E-state index contributed by atoms with van der Waals surface area (Å²) in [5.41, 5.74) is -0.820. The van der Waals surface area contributed by atoms with E-state index in [0.717, 1.165) is 5.57 Å². The number of nitrogens with zero attached hydrogens (tertiary/aromatic N) is 1. The van der Waals surface area contributed by atoms with Crippen molar-refractivity contribution in [2.24, 2.45) is 5.92 Å². The monoisotopic (exact) mass is 403 g/mol. The first-order valence-corrected chi connectivity index (χ1v) is 9.66. The number of hydroxylamine groups is 2. The molecule has 1 aliphatic heterocycles.